The zero-order valence-electron chi connectivity index (χ0n) is 7.73. The largest absolute Gasteiger partial charge is 0.481 e. The SMILES string of the molecule is CC(O[N+](=O)[O-])C12CC(C(=O)O)(C1)C2. The first-order chi connectivity index (χ1) is 6.40. The van der Waals surface area contributed by atoms with E-state index in [1.807, 2.05) is 0 Å². The zero-order chi connectivity index (χ0) is 10.6. The molecule has 1 atom stereocenters. The van der Waals surface area contributed by atoms with Crippen LogP contribution in [0.4, 0.5) is 0 Å². The molecule has 0 aromatic carbocycles. The molecule has 0 aromatic rings. The number of hydrogen-bond donors (Lipinski definition) is 1. The van der Waals surface area contributed by atoms with Crippen molar-refractivity contribution in [1.29, 1.82) is 0 Å². The molecule has 0 spiro atoms. The van der Waals surface area contributed by atoms with Crippen LogP contribution in [0.3, 0.4) is 0 Å². The number of carboxylic acids is 1. The van der Waals surface area contributed by atoms with Gasteiger partial charge in [0.25, 0.3) is 5.09 Å². The van der Waals surface area contributed by atoms with Gasteiger partial charge in [-0.2, -0.15) is 0 Å². The Balaban J connectivity index is 1.94. The lowest BCUT2D eigenvalue weighted by molar-refractivity contribution is -0.774. The molecular formula is C8H11NO5. The first kappa shape index (κ1) is 9.23. The van der Waals surface area contributed by atoms with Gasteiger partial charge in [0.2, 0.25) is 0 Å². The predicted molar refractivity (Wildman–Crippen MR) is 43.9 cm³/mol. The first-order valence-electron chi connectivity index (χ1n) is 4.45. The van der Waals surface area contributed by atoms with Crippen LogP contribution >= 0.6 is 0 Å². The normalized spacial score (nSPS) is 40.4. The molecule has 3 aliphatic carbocycles. The average Bonchev–Trinajstić information content (AvgIpc) is 1.75. The second kappa shape index (κ2) is 2.37. The summed E-state index contributed by atoms with van der Waals surface area (Å²) in [6.45, 7) is 1.63. The van der Waals surface area contributed by atoms with Crippen molar-refractivity contribution in [3.8, 4) is 0 Å². The number of carbonyl (C=O) groups is 1. The lowest BCUT2D eigenvalue weighted by Crippen LogP contribution is -2.69. The summed E-state index contributed by atoms with van der Waals surface area (Å²) in [5.74, 6) is -0.785. The number of nitrogens with zero attached hydrogens (tertiary/aromatic N) is 1. The quantitative estimate of drug-likeness (QED) is 0.537. The Bertz CT molecular complexity index is 293. The average molecular weight is 201 g/mol. The smallest absolute Gasteiger partial charge is 0.309 e. The Kier molecular flexibility index (Phi) is 1.56. The predicted octanol–water partition coefficient (Wildman–Crippen LogP) is 0.838. The van der Waals surface area contributed by atoms with Crippen LogP contribution in [0.25, 0.3) is 0 Å². The molecule has 1 N–H and O–H groups in total. The highest BCUT2D eigenvalue weighted by atomic mass is 17.0. The Morgan fingerprint density at radius 3 is 2.43 bits per heavy atom. The second-order valence-corrected chi connectivity index (χ2v) is 4.45. The van der Waals surface area contributed by atoms with E-state index in [9.17, 15) is 14.9 Å². The van der Waals surface area contributed by atoms with E-state index < -0.39 is 22.6 Å². The lowest BCUT2D eigenvalue weighted by Gasteiger charge is -2.69. The van der Waals surface area contributed by atoms with Crippen molar-refractivity contribution in [2.24, 2.45) is 10.8 Å². The molecule has 1 unspecified atom stereocenters. The maximum absolute atomic E-state index is 10.8. The van der Waals surface area contributed by atoms with Crippen LogP contribution in [0, 0.1) is 20.9 Å². The number of aliphatic carboxylic acids is 1. The molecule has 6 heteroatoms. The van der Waals surface area contributed by atoms with Crippen molar-refractivity contribution >= 4 is 5.97 Å². The highest BCUT2D eigenvalue weighted by molar-refractivity contribution is 5.79. The van der Waals surface area contributed by atoms with Crippen LogP contribution in [-0.2, 0) is 9.63 Å². The summed E-state index contributed by atoms with van der Waals surface area (Å²) in [4.78, 5) is 25.3. The molecule has 0 aromatic heterocycles. The van der Waals surface area contributed by atoms with E-state index in [4.69, 9.17) is 5.11 Å². The van der Waals surface area contributed by atoms with Gasteiger partial charge >= 0.3 is 5.97 Å². The van der Waals surface area contributed by atoms with Gasteiger partial charge in [0.05, 0.1) is 5.41 Å². The van der Waals surface area contributed by atoms with Crippen LogP contribution in [0.5, 0.6) is 0 Å². The van der Waals surface area contributed by atoms with Gasteiger partial charge in [-0.05, 0) is 31.6 Å². The molecule has 0 radical (unpaired) electrons. The molecule has 3 aliphatic rings. The van der Waals surface area contributed by atoms with E-state index in [2.05, 4.69) is 4.84 Å². The van der Waals surface area contributed by atoms with Crippen LogP contribution in [-0.4, -0.2) is 22.3 Å². The van der Waals surface area contributed by atoms with Crippen molar-refractivity contribution in [2.45, 2.75) is 32.3 Å². The molecule has 0 heterocycles. The van der Waals surface area contributed by atoms with E-state index >= 15 is 0 Å². The third-order valence-electron chi connectivity index (χ3n) is 3.63. The molecule has 0 saturated heterocycles. The van der Waals surface area contributed by atoms with Crippen molar-refractivity contribution in [3.63, 3.8) is 0 Å². The molecule has 78 valence electrons. The molecule has 3 rings (SSSR count). The summed E-state index contributed by atoms with van der Waals surface area (Å²) in [5, 5.41) is 18.1. The van der Waals surface area contributed by atoms with Gasteiger partial charge in [-0.25, -0.2) is 0 Å². The summed E-state index contributed by atoms with van der Waals surface area (Å²) in [5.41, 5.74) is -0.834. The third kappa shape index (κ3) is 0.935. The maximum atomic E-state index is 10.8. The minimum absolute atomic E-state index is 0.245. The Hall–Kier alpha value is -1.33. The second-order valence-electron chi connectivity index (χ2n) is 4.45. The Morgan fingerprint density at radius 2 is 2.07 bits per heavy atom. The lowest BCUT2D eigenvalue weighted by atomic mass is 9.34. The van der Waals surface area contributed by atoms with E-state index in [-0.39, 0.29) is 5.41 Å². The fourth-order valence-electron chi connectivity index (χ4n) is 2.77. The minimum Gasteiger partial charge on any atom is -0.481 e. The standard InChI is InChI=1S/C8H11NO5/c1-5(14-9(12)13)7-2-8(3-7,4-7)6(10)11/h5H,2-4H2,1H3,(H,10,11). The van der Waals surface area contributed by atoms with E-state index in [1.165, 1.54) is 0 Å². The van der Waals surface area contributed by atoms with Crippen molar-refractivity contribution in [2.75, 3.05) is 0 Å². The Morgan fingerprint density at radius 1 is 1.57 bits per heavy atom. The van der Waals surface area contributed by atoms with Crippen LogP contribution in [0.2, 0.25) is 0 Å². The number of rotatable bonds is 4. The van der Waals surface area contributed by atoms with Gasteiger partial charge in [0, 0.05) is 0 Å². The molecule has 6 nitrogen and oxygen atoms in total. The molecule has 3 saturated carbocycles. The summed E-state index contributed by atoms with van der Waals surface area (Å²) < 4.78 is 0. The van der Waals surface area contributed by atoms with Crippen molar-refractivity contribution < 1.29 is 19.8 Å². The van der Waals surface area contributed by atoms with E-state index in [1.54, 1.807) is 6.92 Å². The van der Waals surface area contributed by atoms with Gasteiger partial charge in [-0.1, -0.05) is 0 Å². The molecule has 14 heavy (non-hydrogen) atoms. The van der Waals surface area contributed by atoms with Crippen LogP contribution < -0.4 is 0 Å². The fraction of sp³-hybridized carbons (Fsp3) is 0.875. The summed E-state index contributed by atoms with van der Waals surface area (Å²) in [6.07, 6.45) is 1.07. The van der Waals surface area contributed by atoms with Crippen molar-refractivity contribution in [1.82, 2.24) is 0 Å². The minimum atomic E-state index is -0.807. The van der Waals surface area contributed by atoms with Crippen LogP contribution in [0.15, 0.2) is 0 Å². The van der Waals surface area contributed by atoms with Gasteiger partial charge in [0.15, 0.2) is 0 Å². The molecule has 0 amide bonds. The highest BCUT2D eigenvalue weighted by Crippen LogP contribution is 2.75. The van der Waals surface area contributed by atoms with Crippen molar-refractivity contribution in [3.05, 3.63) is 10.1 Å². The monoisotopic (exact) mass is 201 g/mol. The number of hydrogen-bond acceptors (Lipinski definition) is 4. The summed E-state index contributed by atoms with van der Waals surface area (Å²) in [6, 6.07) is 0. The fourth-order valence-corrected chi connectivity index (χ4v) is 2.77. The van der Waals surface area contributed by atoms with Gasteiger partial charge in [-0.15, -0.1) is 10.1 Å². The molecular weight excluding hydrogens is 190 g/mol. The highest BCUT2D eigenvalue weighted by Gasteiger charge is 2.74. The van der Waals surface area contributed by atoms with Gasteiger partial charge in [0.1, 0.15) is 6.10 Å². The molecule has 3 fully saturated rings. The Labute approximate surface area is 80.0 Å². The number of carboxylic acid groups (broad SMARTS) is 1. The van der Waals surface area contributed by atoms with Gasteiger partial charge < -0.3 is 9.94 Å². The zero-order valence-corrected chi connectivity index (χ0v) is 7.73. The molecule has 0 aliphatic heterocycles. The van der Waals surface area contributed by atoms with Gasteiger partial charge in [-0.3, -0.25) is 4.79 Å². The van der Waals surface area contributed by atoms with Crippen LogP contribution in [0.1, 0.15) is 26.2 Å². The summed E-state index contributed by atoms with van der Waals surface area (Å²) in [7, 11) is 0. The third-order valence-corrected chi connectivity index (χ3v) is 3.63. The van der Waals surface area contributed by atoms with E-state index in [0.717, 1.165) is 0 Å². The molecule has 2 bridgehead atoms. The van der Waals surface area contributed by atoms with E-state index in [0.29, 0.717) is 19.3 Å². The summed E-state index contributed by atoms with van der Waals surface area (Å²) >= 11 is 0. The topological polar surface area (TPSA) is 89.7 Å². The maximum Gasteiger partial charge on any atom is 0.309 e. The first-order valence-corrected chi connectivity index (χ1v) is 4.45.